The molecule has 0 amide bonds. The Morgan fingerprint density at radius 2 is 1.68 bits per heavy atom. The Kier molecular flexibility index (Phi) is 7.28. The number of rotatable bonds is 8. The number of carboxylic acids is 1. The van der Waals surface area contributed by atoms with Gasteiger partial charge in [0, 0.05) is 17.1 Å². The zero-order chi connectivity index (χ0) is 22.4. The van der Waals surface area contributed by atoms with Gasteiger partial charge < -0.3 is 9.84 Å². The molecule has 0 saturated heterocycles. The lowest BCUT2D eigenvalue weighted by Gasteiger charge is -2.17. The van der Waals surface area contributed by atoms with Gasteiger partial charge in [0.1, 0.15) is 5.75 Å². The summed E-state index contributed by atoms with van der Waals surface area (Å²) < 4.78 is 45.4. The van der Waals surface area contributed by atoms with Gasteiger partial charge in [0.05, 0.1) is 19.1 Å². The first-order chi connectivity index (χ1) is 14.8. The molecule has 3 aromatic carbocycles. The highest BCUT2D eigenvalue weighted by Gasteiger charge is 2.31. The predicted octanol–water partition coefficient (Wildman–Crippen LogP) is 6.44. The van der Waals surface area contributed by atoms with E-state index in [0.29, 0.717) is 39.5 Å². The molecular formula is C24H21F3O3S. The lowest BCUT2D eigenvalue weighted by molar-refractivity contribution is -0.138. The normalized spacial score (nSPS) is 11.4. The van der Waals surface area contributed by atoms with Gasteiger partial charge in [-0.05, 0) is 46.5 Å². The molecule has 0 aliphatic heterocycles. The maximum absolute atomic E-state index is 13.3. The minimum Gasteiger partial charge on any atom is -0.496 e. The van der Waals surface area contributed by atoms with Gasteiger partial charge >= 0.3 is 12.1 Å². The average Bonchev–Trinajstić information content (AvgIpc) is 2.73. The lowest BCUT2D eigenvalue weighted by atomic mass is 9.95. The average molecular weight is 446 g/mol. The van der Waals surface area contributed by atoms with Gasteiger partial charge in [0.2, 0.25) is 0 Å². The number of methoxy groups -OCH3 is 1. The second-order valence-electron chi connectivity index (χ2n) is 6.95. The van der Waals surface area contributed by atoms with Gasteiger partial charge in [-0.2, -0.15) is 24.9 Å². The molecule has 0 unspecified atom stereocenters. The number of alkyl halides is 3. The second-order valence-corrected chi connectivity index (χ2v) is 7.94. The largest absolute Gasteiger partial charge is 0.496 e. The van der Waals surface area contributed by atoms with E-state index in [1.807, 2.05) is 30.3 Å². The SMILES string of the molecule is COc1ccc(CC(=O)O)cc1-c1ccc(C(F)(F)F)cc1CSCc1ccccc1. The van der Waals surface area contributed by atoms with Gasteiger partial charge in [-0.15, -0.1) is 0 Å². The van der Waals surface area contributed by atoms with Crippen LogP contribution in [0, 0.1) is 0 Å². The van der Waals surface area contributed by atoms with Crippen molar-refractivity contribution in [1.82, 2.24) is 0 Å². The zero-order valence-electron chi connectivity index (χ0n) is 16.8. The first-order valence-electron chi connectivity index (χ1n) is 9.49. The van der Waals surface area contributed by atoms with E-state index in [2.05, 4.69) is 0 Å². The number of carbonyl (C=O) groups is 1. The van der Waals surface area contributed by atoms with Crippen LogP contribution in [0.5, 0.6) is 5.75 Å². The summed E-state index contributed by atoms with van der Waals surface area (Å²) in [5.41, 5.74) is 2.60. The van der Waals surface area contributed by atoms with Crippen LogP contribution in [0.15, 0.2) is 66.7 Å². The summed E-state index contributed by atoms with van der Waals surface area (Å²) in [7, 11) is 1.48. The molecule has 7 heteroatoms. The van der Waals surface area contributed by atoms with Gasteiger partial charge in [-0.1, -0.05) is 42.5 Å². The van der Waals surface area contributed by atoms with E-state index in [9.17, 15) is 18.0 Å². The summed E-state index contributed by atoms with van der Waals surface area (Å²) in [6, 6.07) is 18.3. The van der Waals surface area contributed by atoms with Gasteiger partial charge in [0.15, 0.2) is 0 Å². The molecule has 0 heterocycles. The lowest BCUT2D eigenvalue weighted by Crippen LogP contribution is -2.06. The summed E-state index contributed by atoms with van der Waals surface area (Å²) in [5, 5.41) is 9.10. The third-order valence-electron chi connectivity index (χ3n) is 4.71. The fourth-order valence-electron chi connectivity index (χ4n) is 3.26. The molecule has 0 radical (unpaired) electrons. The first kappa shape index (κ1) is 22.7. The van der Waals surface area contributed by atoms with E-state index in [4.69, 9.17) is 9.84 Å². The van der Waals surface area contributed by atoms with Crippen molar-refractivity contribution in [3.05, 3.63) is 89.0 Å². The standard InChI is InChI=1S/C24H21F3O3S/c1-30-22-10-7-17(12-23(28)29)11-21(22)20-9-8-19(24(25,26)27)13-18(20)15-31-14-16-5-3-2-4-6-16/h2-11,13H,12,14-15H2,1H3,(H,28,29). The summed E-state index contributed by atoms with van der Waals surface area (Å²) >= 11 is 1.51. The number of ether oxygens (including phenoxy) is 1. The maximum Gasteiger partial charge on any atom is 0.416 e. The van der Waals surface area contributed by atoms with Crippen molar-refractivity contribution in [2.45, 2.75) is 24.1 Å². The van der Waals surface area contributed by atoms with Crippen LogP contribution >= 0.6 is 11.8 Å². The maximum atomic E-state index is 13.3. The van der Waals surface area contributed by atoms with Crippen LogP contribution < -0.4 is 4.74 Å². The molecule has 31 heavy (non-hydrogen) atoms. The van der Waals surface area contributed by atoms with Gasteiger partial charge in [-0.3, -0.25) is 4.79 Å². The fraction of sp³-hybridized carbons (Fsp3) is 0.208. The smallest absolute Gasteiger partial charge is 0.416 e. The molecule has 0 aliphatic carbocycles. The highest BCUT2D eigenvalue weighted by molar-refractivity contribution is 7.97. The molecule has 3 rings (SSSR count). The Balaban J connectivity index is 1.99. The van der Waals surface area contributed by atoms with Crippen molar-refractivity contribution >= 4 is 17.7 Å². The summed E-state index contributed by atoms with van der Waals surface area (Å²) in [6.07, 6.45) is -4.64. The van der Waals surface area contributed by atoms with Gasteiger partial charge in [-0.25, -0.2) is 0 Å². The fourth-order valence-corrected chi connectivity index (χ4v) is 4.24. The molecule has 0 atom stereocenters. The molecule has 0 spiro atoms. The monoisotopic (exact) mass is 446 g/mol. The van der Waals surface area contributed by atoms with Crippen LogP contribution in [-0.2, 0) is 28.9 Å². The number of hydrogen-bond donors (Lipinski definition) is 1. The van der Waals surface area contributed by atoms with Crippen molar-refractivity contribution in [1.29, 1.82) is 0 Å². The van der Waals surface area contributed by atoms with Crippen molar-refractivity contribution in [3.63, 3.8) is 0 Å². The molecule has 1 N–H and O–H groups in total. The van der Waals surface area contributed by atoms with E-state index >= 15 is 0 Å². The van der Waals surface area contributed by atoms with Crippen LogP contribution in [0.4, 0.5) is 13.2 Å². The minimum atomic E-state index is -4.45. The highest BCUT2D eigenvalue weighted by Crippen LogP contribution is 2.39. The number of aliphatic carboxylic acids is 1. The number of hydrogen-bond acceptors (Lipinski definition) is 3. The molecule has 0 fully saturated rings. The zero-order valence-corrected chi connectivity index (χ0v) is 17.6. The number of thioether (sulfide) groups is 1. The van der Waals surface area contributed by atoms with E-state index < -0.39 is 17.7 Å². The molecule has 0 bridgehead atoms. The van der Waals surface area contributed by atoms with Crippen molar-refractivity contribution in [2.75, 3.05) is 7.11 Å². The van der Waals surface area contributed by atoms with Crippen molar-refractivity contribution in [2.24, 2.45) is 0 Å². The summed E-state index contributed by atoms with van der Waals surface area (Å²) in [4.78, 5) is 11.1. The Bertz CT molecular complexity index is 1050. The van der Waals surface area contributed by atoms with Crippen LogP contribution in [0.1, 0.15) is 22.3 Å². The van der Waals surface area contributed by atoms with E-state index in [1.165, 1.54) is 24.9 Å². The number of benzene rings is 3. The summed E-state index contributed by atoms with van der Waals surface area (Å²) in [6.45, 7) is 0. The molecule has 0 aromatic heterocycles. The highest BCUT2D eigenvalue weighted by atomic mass is 32.2. The Morgan fingerprint density at radius 1 is 0.935 bits per heavy atom. The molecule has 162 valence electrons. The van der Waals surface area contributed by atoms with Crippen molar-refractivity contribution < 1.29 is 27.8 Å². The third-order valence-corrected chi connectivity index (χ3v) is 5.76. The van der Waals surface area contributed by atoms with Crippen LogP contribution in [-0.4, -0.2) is 18.2 Å². The molecule has 0 saturated carbocycles. The first-order valence-corrected chi connectivity index (χ1v) is 10.6. The second kappa shape index (κ2) is 9.92. The molecule has 0 aliphatic rings. The third kappa shape index (κ3) is 6.04. The number of halogens is 3. The predicted molar refractivity (Wildman–Crippen MR) is 116 cm³/mol. The van der Waals surface area contributed by atoms with Crippen LogP contribution in [0.2, 0.25) is 0 Å². The number of carboxylic acid groups (broad SMARTS) is 1. The van der Waals surface area contributed by atoms with E-state index in [0.717, 1.165) is 17.7 Å². The molecule has 3 aromatic rings. The van der Waals surface area contributed by atoms with E-state index in [-0.39, 0.29) is 6.42 Å². The quantitative estimate of drug-likeness (QED) is 0.432. The topological polar surface area (TPSA) is 46.5 Å². The van der Waals surface area contributed by atoms with Gasteiger partial charge in [0.25, 0.3) is 0 Å². The molecular weight excluding hydrogens is 425 g/mol. The minimum absolute atomic E-state index is 0.185. The molecule has 3 nitrogen and oxygen atoms in total. The Hall–Kier alpha value is -2.93. The summed E-state index contributed by atoms with van der Waals surface area (Å²) in [5.74, 6) is 0.512. The Labute approximate surface area is 182 Å². The van der Waals surface area contributed by atoms with Crippen molar-refractivity contribution in [3.8, 4) is 16.9 Å². The van der Waals surface area contributed by atoms with E-state index in [1.54, 1.807) is 18.2 Å². The van der Waals surface area contributed by atoms with Crippen LogP contribution in [0.3, 0.4) is 0 Å². The Morgan fingerprint density at radius 3 is 2.32 bits per heavy atom. The van der Waals surface area contributed by atoms with Crippen LogP contribution in [0.25, 0.3) is 11.1 Å².